The zero-order chi connectivity index (χ0) is 12.4. The van der Waals surface area contributed by atoms with Gasteiger partial charge in [-0.25, -0.2) is 4.39 Å². The third-order valence-corrected chi connectivity index (χ3v) is 3.69. The molecule has 2 aromatic carbocycles. The largest absolute Gasteiger partial charge is 0.206 e. The van der Waals surface area contributed by atoms with Gasteiger partial charge in [0.2, 0.25) is 0 Å². The van der Waals surface area contributed by atoms with Crippen LogP contribution in [0.4, 0.5) is 4.39 Å². The Morgan fingerprint density at radius 3 is 2.18 bits per heavy atom. The molecule has 0 amide bonds. The second-order valence-electron chi connectivity index (χ2n) is 3.51. The maximum Gasteiger partial charge on any atom is 0.135 e. The van der Waals surface area contributed by atoms with Crippen molar-refractivity contribution < 1.29 is 4.39 Å². The summed E-state index contributed by atoms with van der Waals surface area (Å²) in [4.78, 5) is 0. The first-order chi connectivity index (χ1) is 8.15. The van der Waals surface area contributed by atoms with Gasteiger partial charge >= 0.3 is 0 Å². The Kier molecular flexibility index (Phi) is 4.08. The summed E-state index contributed by atoms with van der Waals surface area (Å²) in [6.07, 6.45) is 0. The Labute approximate surface area is 117 Å². The Bertz CT molecular complexity index is 535. The molecule has 0 saturated heterocycles. The number of hydrogen-bond acceptors (Lipinski definition) is 0. The van der Waals surface area contributed by atoms with Crippen molar-refractivity contribution in [3.8, 4) is 11.1 Å². The average molecular weight is 334 g/mol. The summed E-state index contributed by atoms with van der Waals surface area (Å²) in [5.74, 6) is -0.292. The molecule has 0 bridgehead atoms. The third-order valence-electron chi connectivity index (χ3n) is 2.45. The molecule has 88 valence electrons. The van der Waals surface area contributed by atoms with E-state index >= 15 is 0 Å². The molecular formula is C13H8BrCl2F. The number of halogens is 4. The standard InChI is InChI=1S/C13H8BrCl2F/c14-7-8-3-1-4-9(13(8)17)12-10(15)5-2-6-11(12)16/h1-6H,7H2. The maximum absolute atomic E-state index is 14.2. The lowest BCUT2D eigenvalue weighted by Crippen LogP contribution is -1.92. The van der Waals surface area contributed by atoms with Crippen molar-refractivity contribution in [2.75, 3.05) is 0 Å². The van der Waals surface area contributed by atoms with Gasteiger partial charge in [-0.3, -0.25) is 0 Å². The molecule has 0 N–H and O–H groups in total. The fourth-order valence-electron chi connectivity index (χ4n) is 1.63. The van der Waals surface area contributed by atoms with E-state index in [1.807, 2.05) is 0 Å². The van der Waals surface area contributed by atoms with Crippen LogP contribution in [-0.4, -0.2) is 0 Å². The van der Waals surface area contributed by atoms with Crippen LogP contribution in [0.15, 0.2) is 36.4 Å². The molecule has 0 aliphatic rings. The summed E-state index contributed by atoms with van der Waals surface area (Å²) < 4.78 is 14.2. The van der Waals surface area contributed by atoms with E-state index in [4.69, 9.17) is 23.2 Å². The first kappa shape index (κ1) is 12.9. The summed E-state index contributed by atoms with van der Waals surface area (Å²) in [5.41, 5.74) is 1.55. The topological polar surface area (TPSA) is 0 Å². The molecule has 0 radical (unpaired) electrons. The second kappa shape index (κ2) is 5.38. The number of rotatable bonds is 2. The van der Waals surface area contributed by atoms with Gasteiger partial charge in [0.1, 0.15) is 5.82 Å². The normalized spacial score (nSPS) is 10.6. The van der Waals surface area contributed by atoms with E-state index in [0.29, 0.717) is 32.1 Å². The van der Waals surface area contributed by atoms with Crippen LogP contribution < -0.4 is 0 Å². The minimum absolute atomic E-state index is 0.292. The first-order valence-electron chi connectivity index (χ1n) is 4.93. The Hall–Kier alpha value is -0.570. The van der Waals surface area contributed by atoms with Gasteiger partial charge in [-0.2, -0.15) is 0 Å². The van der Waals surface area contributed by atoms with Crippen LogP contribution in [0.1, 0.15) is 5.56 Å². The highest BCUT2D eigenvalue weighted by atomic mass is 79.9. The van der Waals surface area contributed by atoms with Crippen molar-refractivity contribution in [3.63, 3.8) is 0 Å². The van der Waals surface area contributed by atoms with Crippen LogP contribution in [0.3, 0.4) is 0 Å². The number of benzene rings is 2. The van der Waals surface area contributed by atoms with Crippen LogP contribution in [0, 0.1) is 5.82 Å². The highest BCUT2D eigenvalue weighted by Gasteiger charge is 2.14. The number of hydrogen-bond donors (Lipinski definition) is 0. The molecule has 0 aliphatic carbocycles. The summed E-state index contributed by atoms with van der Waals surface area (Å²) in [6.45, 7) is 0. The molecule has 2 rings (SSSR count). The van der Waals surface area contributed by atoms with Crippen LogP contribution in [0.2, 0.25) is 10.0 Å². The van der Waals surface area contributed by atoms with E-state index in [-0.39, 0.29) is 5.82 Å². The summed E-state index contributed by atoms with van der Waals surface area (Å²) in [7, 11) is 0. The van der Waals surface area contributed by atoms with Gasteiger partial charge in [-0.15, -0.1) is 0 Å². The van der Waals surface area contributed by atoms with Gasteiger partial charge in [-0.05, 0) is 17.7 Å². The fourth-order valence-corrected chi connectivity index (χ4v) is 2.67. The van der Waals surface area contributed by atoms with Crippen LogP contribution in [0.25, 0.3) is 11.1 Å². The Morgan fingerprint density at radius 1 is 1.00 bits per heavy atom. The second-order valence-corrected chi connectivity index (χ2v) is 4.88. The minimum Gasteiger partial charge on any atom is -0.206 e. The van der Waals surface area contributed by atoms with Crippen molar-refractivity contribution in [2.45, 2.75) is 5.33 Å². The van der Waals surface area contributed by atoms with Crippen LogP contribution >= 0.6 is 39.1 Å². The summed E-state index contributed by atoms with van der Waals surface area (Å²) >= 11 is 15.4. The summed E-state index contributed by atoms with van der Waals surface area (Å²) in [6, 6.07) is 10.3. The van der Waals surface area contributed by atoms with Gasteiger partial charge in [0, 0.05) is 26.5 Å². The van der Waals surface area contributed by atoms with Crippen molar-refractivity contribution in [3.05, 3.63) is 57.8 Å². The molecule has 0 spiro atoms. The van der Waals surface area contributed by atoms with E-state index in [1.165, 1.54) is 0 Å². The van der Waals surface area contributed by atoms with E-state index in [0.717, 1.165) is 0 Å². The lowest BCUT2D eigenvalue weighted by atomic mass is 10.0. The summed E-state index contributed by atoms with van der Waals surface area (Å²) in [5, 5.41) is 1.35. The third kappa shape index (κ3) is 2.49. The SMILES string of the molecule is Fc1c(CBr)cccc1-c1c(Cl)cccc1Cl. The molecule has 0 nitrogen and oxygen atoms in total. The lowest BCUT2D eigenvalue weighted by molar-refractivity contribution is 0.621. The Balaban J connectivity index is 2.69. The molecule has 17 heavy (non-hydrogen) atoms. The van der Waals surface area contributed by atoms with Crippen molar-refractivity contribution >= 4 is 39.1 Å². The highest BCUT2D eigenvalue weighted by Crippen LogP contribution is 2.36. The van der Waals surface area contributed by atoms with E-state index in [2.05, 4.69) is 15.9 Å². The molecule has 4 heteroatoms. The number of alkyl halides is 1. The van der Waals surface area contributed by atoms with Gasteiger partial charge in [0.15, 0.2) is 0 Å². The molecular weight excluding hydrogens is 326 g/mol. The van der Waals surface area contributed by atoms with Crippen molar-refractivity contribution in [1.82, 2.24) is 0 Å². The predicted molar refractivity (Wildman–Crippen MR) is 74.5 cm³/mol. The quantitative estimate of drug-likeness (QED) is 0.619. The van der Waals surface area contributed by atoms with Gasteiger partial charge in [0.25, 0.3) is 0 Å². The molecule has 0 atom stereocenters. The Morgan fingerprint density at radius 2 is 1.59 bits per heavy atom. The zero-order valence-corrected chi connectivity index (χ0v) is 11.8. The van der Waals surface area contributed by atoms with E-state index < -0.39 is 0 Å². The maximum atomic E-state index is 14.2. The average Bonchev–Trinajstić information content (AvgIpc) is 2.31. The van der Waals surface area contributed by atoms with Gasteiger partial charge in [-0.1, -0.05) is 63.4 Å². The predicted octanol–water partition coefficient (Wildman–Crippen LogP) is 5.69. The van der Waals surface area contributed by atoms with E-state index in [1.54, 1.807) is 36.4 Å². The first-order valence-corrected chi connectivity index (χ1v) is 6.80. The molecule has 0 fully saturated rings. The fraction of sp³-hybridized carbons (Fsp3) is 0.0769. The molecule has 2 aromatic rings. The zero-order valence-electron chi connectivity index (χ0n) is 8.68. The molecule has 0 heterocycles. The van der Waals surface area contributed by atoms with Crippen LogP contribution in [0.5, 0.6) is 0 Å². The molecule has 0 unspecified atom stereocenters. The van der Waals surface area contributed by atoms with Crippen LogP contribution in [-0.2, 0) is 5.33 Å². The van der Waals surface area contributed by atoms with E-state index in [9.17, 15) is 4.39 Å². The monoisotopic (exact) mass is 332 g/mol. The molecule has 0 saturated carbocycles. The van der Waals surface area contributed by atoms with Gasteiger partial charge in [0.05, 0.1) is 0 Å². The van der Waals surface area contributed by atoms with Gasteiger partial charge < -0.3 is 0 Å². The minimum atomic E-state index is -0.292. The smallest absolute Gasteiger partial charge is 0.135 e. The lowest BCUT2D eigenvalue weighted by Gasteiger charge is -2.10. The highest BCUT2D eigenvalue weighted by molar-refractivity contribution is 9.08. The molecule has 0 aliphatic heterocycles. The molecule has 0 aromatic heterocycles. The van der Waals surface area contributed by atoms with Crippen molar-refractivity contribution in [1.29, 1.82) is 0 Å². The van der Waals surface area contributed by atoms with Crippen molar-refractivity contribution in [2.24, 2.45) is 0 Å².